The Balaban J connectivity index is 1.63. The Morgan fingerprint density at radius 1 is 0.971 bits per heavy atom. The van der Waals surface area contributed by atoms with Gasteiger partial charge in [0.05, 0.1) is 19.1 Å². The summed E-state index contributed by atoms with van der Waals surface area (Å²) < 4.78 is 10.7. The molecule has 1 aliphatic rings. The molecule has 1 aromatic carbocycles. The fourth-order valence-corrected chi connectivity index (χ4v) is 4.41. The van der Waals surface area contributed by atoms with Gasteiger partial charge in [-0.25, -0.2) is 0 Å². The first-order valence-electron chi connectivity index (χ1n) is 12.1. The SMILES string of the molecule is CCc1ccc(N(C(=O)CNC(=O)c2ccco2)[C@H](C(=O)NC2CCCCC2)c2ccco2)cc1. The number of aryl methyl sites for hydroxylation is 1. The molecular formula is C27H31N3O5. The van der Waals surface area contributed by atoms with Crippen molar-refractivity contribution in [2.45, 2.75) is 57.5 Å². The summed E-state index contributed by atoms with van der Waals surface area (Å²) in [6.45, 7) is 1.73. The number of nitrogens with one attached hydrogen (secondary N) is 2. The molecule has 184 valence electrons. The molecule has 1 atom stereocenters. The topological polar surface area (TPSA) is 105 Å². The number of nitrogens with zero attached hydrogens (tertiary/aromatic N) is 1. The largest absolute Gasteiger partial charge is 0.467 e. The highest BCUT2D eigenvalue weighted by Gasteiger charge is 2.36. The van der Waals surface area contributed by atoms with Crippen LogP contribution in [0.5, 0.6) is 0 Å². The molecule has 4 rings (SSSR count). The van der Waals surface area contributed by atoms with Crippen molar-refractivity contribution in [1.29, 1.82) is 0 Å². The third kappa shape index (κ3) is 6.01. The van der Waals surface area contributed by atoms with Crippen LogP contribution in [0.25, 0.3) is 0 Å². The van der Waals surface area contributed by atoms with Gasteiger partial charge in [0.1, 0.15) is 5.76 Å². The zero-order valence-electron chi connectivity index (χ0n) is 19.9. The van der Waals surface area contributed by atoms with Crippen LogP contribution in [0, 0.1) is 0 Å². The van der Waals surface area contributed by atoms with Crippen molar-refractivity contribution in [3.05, 3.63) is 78.1 Å². The van der Waals surface area contributed by atoms with Crippen LogP contribution >= 0.6 is 0 Å². The molecular weight excluding hydrogens is 446 g/mol. The van der Waals surface area contributed by atoms with Gasteiger partial charge in [-0.1, -0.05) is 38.3 Å². The number of hydrogen-bond donors (Lipinski definition) is 2. The fraction of sp³-hybridized carbons (Fsp3) is 0.370. The highest BCUT2D eigenvalue weighted by molar-refractivity contribution is 6.04. The van der Waals surface area contributed by atoms with Crippen molar-refractivity contribution in [2.75, 3.05) is 11.4 Å². The summed E-state index contributed by atoms with van der Waals surface area (Å²) in [4.78, 5) is 41.0. The smallest absolute Gasteiger partial charge is 0.287 e. The van der Waals surface area contributed by atoms with Gasteiger partial charge in [0.15, 0.2) is 11.8 Å². The van der Waals surface area contributed by atoms with Gasteiger partial charge in [0.2, 0.25) is 5.91 Å². The van der Waals surface area contributed by atoms with Crippen molar-refractivity contribution in [2.24, 2.45) is 0 Å². The number of anilines is 1. The number of hydrogen-bond acceptors (Lipinski definition) is 5. The zero-order valence-corrected chi connectivity index (χ0v) is 19.9. The standard InChI is InChI=1S/C27H31N3O5/c1-2-19-12-14-21(15-13-19)30(24(31)18-28-26(32)23-11-7-17-35-23)25(22-10-6-16-34-22)27(33)29-20-8-4-3-5-9-20/h6-7,10-17,20,25H,2-5,8-9,18H2,1H3,(H,28,32)(H,29,33)/t25-/m0/s1. The molecule has 3 aromatic rings. The van der Waals surface area contributed by atoms with Crippen molar-refractivity contribution in [3.63, 3.8) is 0 Å². The minimum absolute atomic E-state index is 0.0618. The van der Waals surface area contributed by atoms with E-state index in [1.807, 2.05) is 31.2 Å². The van der Waals surface area contributed by atoms with Crippen molar-refractivity contribution >= 4 is 23.4 Å². The Morgan fingerprint density at radius 3 is 2.31 bits per heavy atom. The number of amides is 3. The lowest BCUT2D eigenvalue weighted by molar-refractivity contribution is -0.127. The number of carbonyl (C=O) groups excluding carboxylic acids is 3. The molecule has 0 spiro atoms. The van der Waals surface area contributed by atoms with Crippen LogP contribution in [0.4, 0.5) is 5.69 Å². The average Bonchev–Trinajstić information content (AvgIpc) is 3.61. The summed E-state index contributed by atoms with van der Waals surface area (Å²) in [5.74, 6) is -0.810. The van der Waals surface area contributed by atoms with E-state index >= 15 is 0 Å². The van der Waals surface area contributed by atoms with Crippen molar-refractivity contribution in [1.82, 2.24) is 10.6 Å². The number of furan rings is 2. The number of carbonyl (C=O) groups is 3. The van der Waals surface area contributed by atoms with E-state index < -0.39 is 17.9 Å². The summed E-state index contributed by atoms with van der Waals surface area (Å²) in [6.07, 6.45) is 8.84. The fourth-order valence-electron chi connectivity index (χ4n) is 4.41. The van der Waals surface area contributed by atoms with E-state index in [0.29, 0.717) is 11.4 Å². The first-order chi connectivity index (χ1) is 17.1. The van der Waals surface area contributed by atoms with E-state index in [0.717, 1.165) is 44.1 Å². The van der Waals surface area contributed by atoms with E-state index in [1.165, 1.54) is 23.5 Å². The third-order valence-corrected chi connectivity index (χ3v) is 6.31. The molecule has 0 aliphatic heterocycles. The minimum Gasteiger partial charge on any atom is -0.467 e. The van der Waals surface area contributed by atoms with Gasteiger partial charge >= 0.3 is 0 Å². The molecule has 8 heteroatoms. The van der Waals surface area contributed by atoms with Gasteiger partial charge in [-0.3, -0.25) is 19.3 Å². The summed E-state index contributed by atoms with van der Waals surface area (Å²) in [5, 5.41) is 5.72. The highest BCUT2D eigenvalue weighted by Crippen LogP contribution is 2.30. The normalized spacial score (nSPS) is 14.8. The van der Waals surface area contributed by atoms with Gasteiger partial charge in [-0.15, -0.1) is 0 Å². The lowest BCUT2D eigenvalue weighted by atomic mass is 9.95. The maximum Gasteiger partial charge on any atom is 0.287 e. The van der Waals surface area contributed by atoms with E-state index in [9.17, 15) is 14.4 Å². The molecule has 1 fully saturated rings. The average molecular weight is 478 g/mol. The number of benzene rings is 1. The van der Waals surface area contributed by atoms with Crippen molar-refractivity contribution < 1.29 is 23.2 Å². The molecule has 2 aromatic heterocycles. The predicted octanol–water partition coefficient (Wildman–Crippen LogP) is 4.39. The molecule has 0 unspecified atom stereocenters. The quantitative estimate of drug-likeness (QED) is 0.476. The molecule has 1 aliphatic carbocycles. The lowest BCUT2D eigenvalue weighted by Crippen LogP contribution is -2.49. The van der Waals surface area contributed by atoms with Crippen LogP contribution in [-0.4, -0.2) is 30.3 Å². The molecule has 2 N–H and O–H groups in total. The Bertz CT molecular complexity index is 1100. The van der Waals surface area contributed by atoms with E-state index in [-0.39, 0.29) is 24.3 Å². The molecule has 0 bridgehead atoms. The molecule has 35 heavy (non-hydrogen) atoms. The van der Waals surface area contributed by atoms with Crippen molar-refractivity contribution in [3.8, 4) is 0 Å². The maximum absolute atomic E-state index is 13.6. The predicted molar refractivity (Wildman–Crippen MR) is 131 cm³/mol. The zero-order chi connectivity index (χ0) is 24.6. The van der Waals surface area contributed by atoms with Gasteiger partial charge in [0.25, 0.3) is 11.8 Å². The third-order valence-electron chi connectivity index (χ3n) is 6.31. The van der Waals surface area contributed by atoms with Crippen LogP contribution in [0.15, 0.2) is 69.9 Å². The summed E-state index contributed by atoms with van der Waals surface area (Å²) in [6, 6.07) is 13.0. The van der Waals surface area contributed by atoms with Crippen LogP contribution in [-0.2, 0) is 16.0 Å². The molecule has 0 radical (unpaired) electrons. The minimum atomic E-state index is -1.02. The van der Waals surface area contributed by atoms with Crippen LogP contribution in [0.1, 0.15) is 66.9 Å². The Morgan fingerprint density at radius 2 is 1.69 bits per heavy atom. The Kier molecular flexibility index (Phi) is 8.03. The first kappa shape index (κ1) is 24.3. The van der Waals surface area contributed by atoms with Gasteiger partial charge < -0.3 is 19.5 Å². The number of rotatable bonds is 9. The van der Waals surface area contributed by atoms with Gasteiger partial charge in [0, 0.05) is 11.7 Å². The molecule has 1 saturated carbocycles. The van der Waals surface area contributed by atoms with E-state index in [1.54, 1.807) is 18.2 Å². The molecule has 8 nitrogen and oxygen atoms in total. The second-order valence-electron chi connectivity index (χ2n) is 8.71. The second-order valence-corrected chi connectivity index (χ2v) is 8.71. The van der Waals surface area contributed by atoms with E-state index in [4.69, 9.17) is 8.83 Å². The maximum atomic E-state index is 13.6. The molecule has 0 saturated heterocycles. The van der Waals surface area contributed by atoms with Crippen LogP contribution in [0.2, 0.25) is 0 Å². The van der Waals surface area contributed by atoms with Gasteiger partial charge in [-0.2, -0.15) is 0 Å². The summed E-state index contributed by atoms with van der Waals surface area (Å²) in [7, 11) is 0. The monoisotopic (exact) mass is 477 g/mol. The molecule has 2 heterocycles. The second kappa shape index (κ2) is 11.6. The lowest BCUT2D eigenvalue weighted by Gasteiger charge is -2.32. The van der Waals surface area contributed by atoms with Crippen LogP contribution < -0.4 is 15.5 Å². The summed E-state index contributed by atoms with van der Waals surface area (Å²) in [5.41, 5.74) is 1.65. The van der Waals surface area contributed by atoms with Crippen LogP contribution in [0.3, 0.4) is 0 Å². The Labute approximate surface area is 204 Å². The van der Waals surface area contributed by atoms with E-state index in [2.05, 4.69) is 10.6 Å². The summed E-state index contributed by atoms with van der Waals surface area (Å²) >= 11 is 0. The highest BCUT2D eigenvalue weighted by atomic mass is 16.3. The van der Waals surface area contributed by atoms with Gasteiger partial charge in [-0.05, 0) is 61.2 Å². The Hall–Kier alpha value is -3.81. The molecule has 3 amide bonds. The first-order valence-corrected chi connectivity index (χ1v) is 12.1.